The molecule has 0 amide bonds. The highest BCUT2D eigenvalue weighted by Crippen LogP contribution is 2.31. The Morgan fingerprint density at radius 1 is 1.26 bits per heavy atom. The maximum absolute atomic E-state index is 10.3. The highest BCUT2D eigenvalue weighted by Gasteiger charge is 2.19. The number of rotatable bonds is 5. The van der Waals surface area contributed by atoms with Crippen LogP contribution in [-0.2, 0) is 0 Å². The van der Waals surface area contributed by atoms with E-state index >= 15 is 0 Å². The zero-order valence-electron chi connectivity index (χ0n) is 11.7. The van der Waals surface area contributed by atoms with Crippen molar-refractivity contribution in [1.29, 1.82) is 0 Å². The third kappa shape index (κ3) is 3.61. The van der Waals surface area contributed by atoms with Gasteiger partial charge in [-0.15, -0.1) is 0 Å². The van der Waals surface area contributed by atoms with Gasteiger partial charge < -0.3 is 19.9 Å². The van der Waals surface area contributed by atoms with Crippen molar-refractivity contribution in [2.75, 3.05) is 20.8 Å². The predicted octanol–water partition coefficient (Wildman–Crippen LogP) is 2.27. The molecule has 0 spiro atoms. The Kier molecular flexibility index (Phi) is 5.05. The minimum atomic E-state index is -0.463. The van der Waals surface area contributed by atoms with Gasteiger partial charge in [0.25, 0.3) is 0 Å². The molecule has 2 atom stereocenters. The van der Waals surface area contributed by atoms with Crippen LogP contribution >= 0.6 is 0 Å². The van der Waals surface area contributed by atoms with Crippen molar-refractivity contribution >= 4 is 0 Å². The van der Waals surface area contributed by atoms with Crippen molar-refractivity contribution < 1.29 is 14.6 Å². The van der Waals surface area contributed by atoms with Crippen LogP contribution in [0.1, 0.15) is 37.4 Å². The standard InChI is InChI=1S/C15H23NO3/c1-18-14-7-6-11(9-15(14)19-2)13(17)10-12-5-3-4-8-16-12/h6-7,9,12-13,16-17H,3-5,8,10H2,1-2H3/t12-,13?/m1/s1. The van der Waals surface area contributed by atoms with Gasteiger partial charge in [0.2, 0.25) is 0 Å². The largest absolute Gasteiger partial charge is 0.493 e. The van der Waals surface area contributed by atoms with Gasteiger partial charge in [-0.2, -0.15) is 0 Å². The molecule has 1 aromatic rings. The average molecular weight is 265 g/mol. The van der Waals surface area contributed by atoms with E-state index in [1.807, 2.05) is 18.2 Å². The van der Waals surface area contributed by atoms with E-state index in [0.717, 1.165) is 24.9 Å². The van der Waals surface area contributed by atoms with E-state index in [1.54, 1.807) is 14.2 Å². The lowest BCUT2D eigenvalue weighted by Gasteiger charge is -2.26. The minimum absolute atomic E-state index is 0.414. The third-order valence-corrected chi connectivity index (χ3v) is 3.71. The van der Waals surface area contributed by atoms with Gasteiger partial charge in [-0.05, 0) is 43.5 Å². The molecule has 1 saturated heterocycles. The van der Waals surface area contributed by atoms with Crippen molar-refractivity contribution in [3.63, 3.8) is 0 Å². The summed E-state index contributed by atoms with van der Waals surface area (Å²) in [7, 11) is 3.22. The van der Waals surface area contributed by atoms with Crippen LogP contribution in [0.5, 0.6) is 11.5 Å². The van der Waals surface area contributed by atoms with E-state index in [2.05, 4.69) is 5.32 Å². The second kappa shape index (κ2) is 6.78. The van der Waals surface area contributed by atoms with Crippen molar-refractivity contribution in [3.05, 3.63) is 23.8 Å². The van der Waals surface area contributed by atoms with E-state index in [0.29, 0.717) is 17.5 Å². The first-order chi connectivity index (χ1) is 9.24. The van der Waals surface area contributed by atoms with Gasteiger partial charge in [0, 0.05) is 6.04 Å². The van der Waals surface area contributed by atoms with E-state index in [1.165, 1.54) is 12.8 Å². The lowest BCUT2D eigenvalue weighted by molar-refractivity contribution is 0.144. The Morgan fingerprint density at radius 3 is 2.68 bits per heavy atom. The maximum atomic E-state index is 10.3. The van der Waals surface area contributed by atoms with Crippen molar-refractivity contribution in [1.82, 2.24) is 5.32 Å². The van der Waals surface area contributed by atoms with Gasteiger partial charge in [-0.1, -0.05) is 12.5 Å². The SMILES string of the molecule is COc1ccc(C(O)C[C@H]2CCCCN2)cc1OC. The van der Waals surface area contributed by atoms with Gasteiger partial charge in [-0.3, -0.25) is 0 Å². The first-order valence-corrected chi connectivity index (χ1v) is 6.88. The average Bonchev–Trinajstić information content (AvgIpc) is 2.47. The molecule has 2 N–H and O–H groups in total. The van der Waals surface area contributed by atoms with Crippen LogP contribution in [0.2, 0.25) is 0 Å². The summed E-state index contributed by atoms with van der Waals surface area (Å²) in [6, 6.07) is 6.00. The highest BCUT2D eigenvalue weighted by atomic mass is 16.5. The summed E-state index contributed by atoms with van der Waals surface area (Å²) in [5.41, 5.74) is 0.880. The lowest BCUT2D eigenvalue weighted by Crippen LogP contribution is -2.35. The van der Waals surface area contributed by atoms with E-state index in [-0.39, 0.29) is 0 Å². The summed E-state index contributed by atoms with van der Waals surface area (Å²) in [5.74, 6) is 1.35. The molecule has 106 valence electrons. The molecule has 2 rings (SSSR count). The van der Waals surface area contributed by atoms with Gasteiger partial charge in [-0.25, -0.2) is 0 Å². The zero-order chi connectivity index (χ0) is 13.7. The lowest BCUT2D eigenvalue weighted by atomic mass is 9.96. The first-order valence-electron chi connectivity index (χ1n) is 6.88. The second-order valence-electron chi connectivity index (χ2n) is 5.01. The molecular weight excluding hydrogens is 242 g/mol. The van der Waals surface area contributed by atoms with Gasteiger partial charge in [0.05, 0.1) is 20.3 Å². The number of hydrogen-bond donors (Lipinski definition) is 2. The minimum Gasteiger partial charge on any atom is -0.493 e. The van der Waals surface area contributed by atoms with Crippen LogP contribution in [0, 0.1) is 0 Å². The fraction of sp³-hybridized carbons (Fsp3) is 0.600. The molecule has 1 fully saturated rings. The Hall–Kier alpha value is -1.26. The number of aliphatic hydroxyl groups excluding tert-OH is 1. The van der Waals surface area contributed by atoms with Crippen molar-refractivity contribution in [2.45, 2.75) is 37.8 Å². The topological polar surface area (TPSA) is 50.7 Å². The Morgan fingerprint density at radius 2 is 2.05 bits per heavy atom. The van der Waals surface area contributed by atoms with Crippen LogP contribution in [0.15, 0.2) is 18.2 Å². The van der Waals surface area contributed by atoms with Crippen molar-refractivity contribution in [2.24, 2.45) is 0 Å². The molecule has 1 heterocycles. The third-order valence-electron chi connectivity index (χ3n) is 3.71. The van der Waals surface area contributed by atoms with Crippen LogP contribution in [0.4, 0.5) is 0 Å². The number of ether oxygens (including phenoxy) is 2. The fourth-order valence-electron chi connectivity index (χ4n) is 2.59. The normalized spacial score (nSPS) is 20.9. The van der Waals surface area contributed by atoms with E-state index < -0.39 is 6.10 Å². The molecule has 0 bridgehead atoms. The van der Waals surface area contributed by atoms with Gasteiger partial charge in [0.1, 0.15) is 0 Å². The molecule has 19 heavy (non-hydrogen) atoms. The molecule has 1 aliphatic heterocycles. The molecule has 4 heteroatoms. The van der Waals surface area contributed by atoms with Crippen LogP contribution in [-0.4, -0.2) is 31.9 Å². The Labute approximate surface area is 114 Å². The molecule has 1 unspecified atom stereocenters. The summed E-state index contributed by atoms with van der Waals surface area (Å²) in [4.78, 5) is 0. The zero-order valence-corrected chi connectivity index (χ0v) is 11.7. The first kappa shape index (κ1) is 14.2. The number of piperidine rings is 1. The Balaban J connectivity index is 2.03. The maximum Gasteiger partial charge on any atom is 0.161 e. The van der Waals surface area contributed by atoms with Crippen LogP contribution in [0.25, 0.3) is 0 Å². The highest BCUT2D eigenvalue weighted by molar-refractivity contribution is 5.43. The Bertz CT molecular complexity index is 402. The fourth-order valence-corrected chi connectivity index (χ4v) is 2.59. The van der Waals surface area contributed by atoms with Gasteiger partial charge >= 0.3 is 0 Å². The number of aliphatic hydroxyl groups is 1. The smallest absolute Gasteiger partial charge is 0.161 e. The quantitative estimate of drug-likeness (QED) is 0.857. The van der Waals surface area contributed by atoms with Crippen LogP contribution in [0.3, 0.4) is 0 Å². The molecular formula is C15H23NO3. The summed E-state index contributed by atoms with van der Waals surface area (Å²) in [6.07, 6.45) is 3.91. The van der Waals surface area contributed by atoms with E-state index in [9.17, 15) is 5.11 Å². The number of benzene rings is 1. The predicted molar refractivity (Wildman–Crippen MR) is 74.8 cm³/mol. The molecule has 1 aliphatic rings. The molecule has 1 aromatic carbocycles. The van der Waals surface area contributed by atoms with E-state index in [4.69, 9.17) is 9.47 Å². The monoisotopic (exact) mass is 265 g/mol. The summed E-state index contributed by atoms with van der Waals surface area (Å²) in [6.45, 7) is 1.06. The summed E-state index contributed by atoms with van der Waals surface area (Å²) < 4.78 is 10.5. The summed E-state index contributed by atoms with van der Waals surface area (Å²) in [5, 5.41) is 13.8. The number of hydrogen-bond acceptors (Lipinski definition) is 4. The van der Waals surface area contributed by atoms with Gasteiger partial charge in [0.15, 0.2) is 11.5 Å². The van der Waals surface area contributed by atoms with Crippen LogP contribution < -0.4 is 14.8 Å². The van der Waals surface area contributed by atoms with Crippen molar-refractivity contribution in [3.8, 4) is 11.5 Å². The number of methoxy groups -OCH3 is 2. The molecule has 4 nitrogen and oxygen atoms in total. The molecule has 0 aromatic heterocycles. The molecule has 0 radical (unpaired) electrons. The molecule has 0 aliphatic carbocycles. The molecule has 0 saturated carbocycles. The second-order valence-corrected chi connectivity index (χ2v) is 5.01. The number of nitrogens with one attached hydrogen (secondary N) is 1. The summed E-state index contributed by atoms with van der Waals surface area (Å²) >= 11 is 0.